The second kappa shape index (κ2) is 8.60. The molecule has 1 aromatic heterocycles. The van der Waals surface area contributed by atoms with E-state index in [1.165, 1.54) is 11.3 Å². The van der Waals surface area contributed by atoms with E-state index in [2.05, 4.69) is 17.1 Å². The van der Waals surface area contributed by atoms with Crippen LogP contribution in [0, 0.1) is 6.92 Å². The molecule has 0 unspecified atom stereocenters. The number of carbonyl (C=O) groups is 2. The van der Waals surface area contributed by atoms with Gasteiger partial charge in [0, 0.05) is 12.1 Å². The minimum Gasteiger partial charge on any atom is -0.462 e. The Morgan fingerprint density at radius 2 is 2.21 bits per heavy atom. The number of carbonyl (C=O) groups excluding carboxylic acids is 2. The summed E-state index contributed by atoms with van der Waals surface area (Å²) in [6.45, 7) is 6.32. The highest BCUT2D eigenvalue weighted by molar-refractivity contribution is 7.18. The lowest BCUT2D eigenvalue weighted by molar-refractivity contribution is -0.119. The smallest absolute Gasteiger partial charge is 0.348 e. The molecule has 1 aromatic rings. The number of amides is 1. The van der Waals surface area contributed by atoms with Gasteiger partial charge in [0.2, 0.25) is 5.91 Å². The standard InChI is InChI=1S/C17H26N2O4S/c1-4-23-17(22)16-11(2)8-15(24-16)18-14(21)9-19-12(3)6-5-7-13(19)10-20/h8,12-13,20H,4-7,9-10H2,1-3H3,(H,18,21)/t12-,13+/m1/s1. The third kappa shape index (κ3) is 4.55. The van der Waals surface area contributed by atoms with Crippen molar-refractivity contribution in [2.24, 2.45) is 0 Å². The van der Waals surface area contributed by atoms with Gasteiger partial charge in [0.25, 0.3) is 0 Å². The maximum atomic E-state index is 12.4. The number of hydrogen-bond donors (Lipinski definition) is 2. The molecule has 1 aliphatic heterocycles. The molecule has 2 N–H and O–H groups in total. The number of aliphatic hydroxyl groups excluding tert-OH is 1. The Labute approximate surface area is 146 Å². The highest BCUT2D eigenvalue weighted by Crippen LogP contribution is 2.28. The third-order valence-corrected chi connectivity index (χ3v) is 5.51. The first-order valence-corrected chi connectivity index (χ1v) is 9.21. The van der Waals surface area contributed by atoms with E-state index in [9.17, 15) is 14.7 Å². The van der Waals surface area contributed by atoms with E-state index >= 15 is 0 Å². The van der Waals surface area contributed by atoms with Gasteiger partial charge in [0.05, 0.1) is 24.8 Å². The number of thiophene rings is 1. The van der Waals surface area contributed by atoms with Gasteiger partial charge in [0.1, 0.15) is 4.88 Å². The topological polar surface area (TPSA) is 78.9 Å². The van der Waals surface area contributed by atoms with Crippen molar-refractivity contribution in [3.05, 3.63) is 16.5 Å². The predicted molar refractivity (Wildman–Crippen MR) is 94.5 cm³/mol. The first kappa shape index (κ1) is 18.9. The molecule has 1 amide bonds. The first-order valence-electron chi connectivity index (χ1n) is 8.40. The molecular weight excluding hydrogens is 328 g/mol. The summed E-state index contributed by atoms with van der Waals surface area (Å²) in [5.41, 5.74) is 0.799. The summed E-state index contributed by atoms with van der Waals surface area (Å²) in [7, 11) is 0. The summed E-state index contributed by atoms with van der Waals surface area (Å²) < 4.78 is 5.01. The molecule has 6 nitrogen and oxygen atoms in total. The van der Waals surface area contributed by atoms with Crippen LogP contribution in [0.5, 0.6) is 0 Å². The summed E-state index contributed by atoms with van der Waals surface area (Å²) in [4.78, 5) is 26.8. The molecule has 1 saturated heterocycles. The SMILES string of the molecule is CCOC(=O)c1sc(NC(=O)CN2[C@H](CO)CCC[C@H]2C)cc1C. The Morgan fingerprint density at radius 3 is 2.88 bits per heavy atom. The van der Waals surface area contributed by atoms with Crippen molar-refractivity contribution in [2.75, 3.05) is 25.1 Å². The monoisotopic (exact) mass is 354 g/mol. The van der Waals surface area contributed by atoms with Gasteiger partial charge in [-0.1, -0.05) is 6.42 Å². The predicted octanol–water partition coefficient (Wildman–Crippen LogP) is 2.41. The molecular formula is C17H26N2O4S. The summed E-state index contributed by atoms with van der Waals surface area (Å²) in [5.74, 6) is -0.482. The van der Waals surface area contributed by atoms with Crippen LogP contribution in [0.2, 0.25) is 0 Å². The minimum atomic E-state index is -0.356. The maximum absolute atomic E-state index is 12.4. The van der Waals surface area contributed by atoms with Crippen molar-refractivity contribution in [1.29, 1.82) is 0 Å². The summed E-state index contributed by atoms with van der Waals surface area (Å²) in [5, 5.41) is 13.0. The fraction of sp³-hybridized carbons (Fsp3) is 0.647. The van der Waals surface area contributed by atoms with Crippen LogP contribution in [0.15, 0.2) is 6.07 Å². The molecule has 0 radical (unpaired) electrons. The second-order valence-electron chi connectivity index (χ2n) is 6.18. The van der Waals surface area contributed by atoms with E-state index in [0.29, 0.717) is 16.5 Å². The van der Waals surface area contributed by atoms with Crippen LogP contribution < -0.4 is 5.32 Å². The van der Waals surface area contributed by atoms with Crippen LogP contribution >= 0.6 is 11.3 Å². The van der Waals surface area contributed by atoms with Gasteiger partial charge in [-0.2, -0.15) is 0 Å². The normalized spacial score (nSPS) is 21.5. The van der Waals surface area contributed by atoms with Crippen molar-refractivity contribution >= 4 is 28.2 Å². The van der Waals surface area contributed by atoms with E-state index in [4.69, 9.17) is 4.74 Å². The second-order valence-corrected chi connectivity index (χ2v) is 7.23. The van der Waals surface area contributed by atoms with Gasteiger partial charge >= 0.3 is 5.97 Å². The Bertz CT molecular complexity index is 587. The van der Waals surface area contributed by atoms with Crippen LogP contribution in [0.25, 0.3) is 0 Å². The highest BCUT2D eigenvalue weighted by atomic mass is 32.1. The molecule has 7 heteroatoms. The van der Waals surface area contributed by atoms with Crippen LogP contribution in [0.1, 0.15) is 48.3 Å². The largest absolute Gasteiger partial charge is 0.462 e. The lowest BCUT2D eigenvalue weighted by atomic mass is 9.97. The molecule has 2 atom stereocenters. The lowest BCUT2D eigenvalue weighted by Gasteiger charge is -2.39. The number of nitrogens with zero attached hydrogens (tertiary/aromatic N) is 1. The van der Waals surface area contributed by atoms with E-state index in [1.54, 1.807) is 13.0 Å². The van der Waals surface area contributed by atoms with Gasteiger partial charge in [0.15, 0.2) is 0 Å². The van der Waals surface area contributed by atoms with Gasteiger partial charge in [-0.25, -0.2) is 4.79 Å². The number of aliphatic hydroxyl groups is 1. The molecule has 0 saturated carbocycles. The van der Waals surface area contributed by atoms with Crippen LogP contribution in [-0.4, -0.2) is 53.7 Å². The molecule has 134 valence electrons. The molecule has 24 heavy (non-hydrogen) atoms. The third-order valence-electron chi connectivity index (χ3n) is 4.37. The number of ether oxygens (including phenoxy) is 1. The molecule has 0 aromatic carbocycles. The summed E-state index contributed by atoms with van der Waals surface area (Å²) in [6.07, 6.45) is 3.03. The number of anilines is 1. The fourth-order valence-electron chi connectivity index (χ4n) is 3.11. The Hall–Kier alpha value is -1.44. The van der Waals surface area contributed by atoms with Crippen LogP contribution in [-0.2, 0) is 9.53 Å². The Balaban J connectivity index is 1.99. The summed E-state index contributed by atoms with van der Waals surface area (Å²) >= 11 is 1.23. The zero-order valence-electron chi connectivity index (χ0n) is 14.5. The highest BCUT2D eigenvalue weighted by Gasteiger charge is 2.29. The first-order chi connectivity index (χ1) is 11.5. The van der Waals surface area contributed by atoms with Crippen molar-refractivity contribution in [3.8, 4) is 0 Å². The van der Waals surface area contributed by atoms with E-state index in [0.717, 1.165) is 24.8 Å². The fourth-order valence-corrected chi connectivity index (χ4v) is 4.09. The average molecular weight is 354 g/mol. The average Bonchev–Trinajstić information content (AvgIpc) is 2.90. The van der Waals surface area contributed by atoms with Gasteiger partial charge in [-0.3, -0.25) is 9.69 Å². The van der Waals surface area contributed by atoms with Gasteiger partial charge < -0.3 is 15.2 Å². The number of piperidine rings is 1. The van der Waals surface area contributed by atoms with Crippen LogP contribution in [0.4, 0.5) is 5.00 Å². The molecule has 0 bridgehead atoms. The molecule has 2 rings (SSSR count). The molecule has 0 spiro atoms. The number of hydrogen-bond acceptors (Lipinski definition) is 6. The molecule has 0 aliphatic carbocycles. The van der Waals surface area contributed by atoms with E-state index < -0.39 is 0 Å². The number of likely N-dealkylation sites (tertiary alicyclic amines) is 1. The zero-order valence-corrected chi connectivity index (χ0v) is 15.3. The van der Waals surface area contributed by atoms with Crippen LogP contribution in [0.3, 0.4) is 0 Å². The number of aryl methyl sites for hydroxylation is 1. The van der Waals surface area contributed by atoms with E-state index in [1.807, 2.05) is 6.92 Å². The quantitative estimate of drug-likeness (QED) is 0.767. The molecule has 1 fully saturated rings. The van der Waals surface area contributed by atoms with Crippen molar-refractivity contribution in [2.45, 2.75) is 52.1 Å². The Morgan fingerprint density at radius 1 is 1.46 bits per heavy atom. The van der Waals surface area contributed by atoms with E-state index in [-0.39, 0.29) is 37.1 Å². The number of esters is 1. The van der Waals surface area contributed by atoms with Gasteiger partial charge in [-0.05, 0) is 45.2 Å². The lowest BCUT2D eigenvalue weighted by Crippen LogP contribution is -2.50. The van der Waals surface area contributed by atoms with Crippen molar-refractivity contribution in [3.63, 3.8) is 0 Å². The molecule has 1 aliphatic rings. The van der Waals surface area contributed by atoms with Crippen molar-refractivity contribution < 1.29 is 19.4 Å². The Kier molecular flexibility index (Phi) is 6.77. The zero-order chi connectivity index (χ0) is 17.7. The number of rotatable bonds is 6. The minimum absolute atomic E-state index is 0.0414. The summed E-state index contributed by atoms with van der Waals surface area (Å²) in [6, 6.07) is 2.11. The molecule has 2 heterocycles. The van der Waals surface area contributed by atoms with Crippen molar-refractivity contribution in [1.82, 2.24) is 4.90 Å². The number of nitrogens with one attached hydrogen (secondary N) is 1. The van der Waals surface area contributed by atoms with Gasteiger partial charge in [-0.15, -0.1) is 11.3 Å². The maximum Gasteiger partial charge on any atom is 0.348 e.